The van der Waals surface area contributed by atoms with E-state index in [0.29, 0.717) is 0 Å². The Morgan fingerprint density at radius 2 is 0.584 bits per heavy atom. The molecule has 0 bridgehead atoms. The number of hydrogen-bond donors (Lipinski definition) is 0. The van der Waals surface area contributed by atoms with Crippen molar-refractivity contribution >= 4 is 142 Å². The first-order chi connectivity index (χ1) is 56.0. The normalized spacial score (nSPS) is 14.3. The molecule has 1 aliphatic carbocycles. The van der Waals surface area contributed by atoms with Crippen LogP contribution in [0.3, 0.4) is 0 Å². The number of fused-ring (bicyclic) bond motifs is 21. The van der Waals surface area contributed by atoms with E-state index in [0.717, 1.165) is 149 Å². The number of aromatic nitrogens is 4. The van der Waals surface area contributed by atoms with Crippen LogP contribution in [-0.4, -0.2) is 24.3 Å². The number of para-hydroxylation sites is 4. The topological polar surface area (TPSA) is 75.5 Å². The lowest BCUT2D eigenvalue weighted by Crippen LogP contribution is -2.28. The number of furan rings is 4. The highest BCUT2D eigenvalue weighted by Gasteiger charge is 2.38. The van der Waals surface area contributed by atoms with Gasteiger partial charge in [0, 0.05) is 116 Å². The number of hydrogen-bond acceptors (Lipinski definition) is 5. The predicted octanol–water partition coefficient (Wildman–Crippen LogP) is 28.1. The second kappa shape index (κ2) is 23.7. The first-order valence-electron chi connectivity index (χ1n) is 38.6. The Morgan fingerprint density at radius 1 is 0.221 bits per heavy atom. The minimum absolute atomic E-state index is 0.202. The van der Waals surface area contributed by atoms with E-state index in [2.05, 4.69) is 357 Å². The monoisotopic (exact) mass is 1450 g/mol. The van der Waals surface area contributed by atoms with Crippen LogP contribution in [0.4, 0.5) is 11.4 Å². The maximum Gasteiger partial charge on any atom is 0.136 e. The van der Waals surface area contributed by atoms with E-state index < -0.39 is 0 Å². The summed E-state index contributed by atoms with van der Waals surface area (Å²) in [6.07, 6.45) is 16.2. The van der Waals surface area contributed by atoms with Gasteiger partial charge in [-0.15, -0.1) is 0 Å². The second-order valence-electron chi connectivity index (χ2n) is 30.3. The highest BCUT2D eigenvalue weighted by atomic mass is 16.3. The van der Waals surface area contributed by atoms with E-state index in [-0.39, 0.29) is 12.0 Å². The molecule has 9 heteroatoms. The Bertz CT molecular complexity index is 8010. The summed E-state index contributed by atoms with van der Waals surface area (Å²) in [5.41, 5.74) is 31.6. The van der Waals surface area contributed by atoms with E-state index >= 15 is 0 Å². The van der Waals surface area contributed by atoms with Gasteiger partial charge in [0.1, 0.15) is 22.3 Å². The molecule has 0 saturated heterocycles. The van der Waals surface area contributed by atoms with Gasteiger partial charge < -0.3 is 40.8 Å². The van der Waals surface area contributed by atoms with Gasteiger partial charge in [0.2, 0.25) is 0 Å². The first kappa shape index (κ1) is 61.9. The molecule has 9 heterocycles. The maximum atomic E-state index is 6.94. The van der Waals surface area contributed by atoms with Gasteiger partial charge in [-0.3, -0.25) is 0 Å². The lowest BCUT2D eigenvalue weighted by Gasteiger charge is -2.28. The van der Waals surface area contributed by atoms with Crippen LogP contribution in [0.2, 0.25) is 0 Å². The van der Waals surface area contributed by atoms with Crippen molar-refractivity contribution in [3.63, 3.8) is 0 Å². The third-order valence-corrected chi connectivity index (χ3v) is 24.3. The molecule has 528 valence electrons. The summed E-state index contributed by atoms with van der Waals surface area (Å²) in [5.74, 6) is 0.232. The van der Waals surface area contributed by atoms with Crippen LogP contribution < -0.4 is 4.90 Å². The molecule has 23 aromatic rings. The zero-order chi connectivity index (χ0) is 73.7. The molecular formula is C104H63N5O4. The van der Waals surface area contributed by atoms with Crippen molar-refractivity contribution in [1.82, 2.24) is 18.3 Å². The Morgan fingerprint density at radius 3 is 1.05 bits per heavy atom. The van der Waals surface area contributed by atoms with Crippen molar-refractivity contribution in [2.75, 3.05) is 4.90 Å². The molecule has 0 N–H and O–H groups in total. The highest BCUT2D eigenvalue weighted by Crippen LogP contribution is 2.51. The molecule has 25 rings (SSSR count). The zero-order valence-electron chi connectivity index (χ0n) is 60.7. The zero-order valence-corrected chi connectivity index (χ0v) is 60.7. The molecule has 2 unspecified atom stereocenters. The van der Waals surface area contributed by atoms with Crippen molar-refractivity contribution in [3.8, 4) is 78.4 Å². The third kappa shape index (κ3) is 9.27. The van der Waals surface area contributed by atoms with E-state index in [1.165, 1.54) is 77.0 Å². The van der Waals surface area contributed by atoms with Crippen LogP contribution in [0.15, 0.2) is 389 Å². The van der Waals surface area contributed by atoms with Crippen molar-refractivity contribution in [2.45, 2.75) is 12.0 Å². The fourth-order valence-corrected chi connectivity index (χ4v) is 19.1. The average Bonchev–Trinajstić information content (AvgIpc) is 1.59. The first-order valence-corrected chi connectivity index (χ1v) is 38.6. The largest absolute Gasteiger partial charge is 0.472 e. The number of rotatable bonds is 10. The van der Waals surface area contributed by atoms with E-state index in [1.54, 1.807) is 18.8 Å². The van der Waals surface area contributed by atoms with Gasteiger partial charge in [0.05, 0.1) is 75.2 Å². The highest BCUT2D eigenvalue weighted by molar-refractivity contribution is 6.17. The lowest BCUT2D eigenvalue weighted by molar-refractivity contribution is 0.568. The molecule has 0 amide bonds. The van der Waals surface area contributed by atoms with E-state index in [1.807, 2.05) is 18.4 Å². The summed E-state index contributed by atoms with van der Waals surface area (Å²) in [7, 11) is 0. The number of benzene rings is 15. The Labute approximate surface area is 646 Å². The number of nitrogens with zero attached hydrogens (tertiary/aromatic N) is 5. The lowest BCUT2D eigenvalue weighted by atomic mass is 9.89. The Kier molecular flexibility index (Phi) is 13.0. The molecular weight excluding hydrogens is 1380 g/mol. The molecule has 0 fully saturated rings. The van der Waals surface area contributed by atoms with E-state index in [4.69, 9.17) is 17.7 Å². The molecule has 9 nitrogen and oxygen atoms in total. The minimum atomic E-state index is 0.202. The van der Waals surface area contributed by atoms with Gasteiger partial charge in [-0.25, -0.2) is 0 Å². The summed E-state index contributed by atoms with van der Waals surface area (Å²) in [6.45, 7) is 0. The van der Waals surface area contributed by atoms with Gasteiger partial charge in [0.25, 0.3) is 0 Å². The smallest absolute Gasteiger partial charge is 0.136 e. The summed E-state index contributed by atoms with van der Waals surface area (Å²) in [4.78, 5) is 2.50. The van der Waals surface area contributed by atoms with Crippen LogP contribution in [0.5, 0.6) is 0 Å². The van der Waals surface area contributed by atoms with Crippen LogP contribution in [0.1, 0.15) is 11.5 Å². The SMILES string of the molecule is C1=CC2c3cc(-c4ccc5c(c4)c4cc(-c6ccc7c(c6)c6ccccc6n7-c6ccccc6)ccc4n5-c4ccc5oc6cc(-c7ccc8c(c7)c7cc(-c9ccoc9)ccc7n8-c7ccc8oc9ccc(-n%10c%11ccccc%11c%11cc(-c%12ccoc%12)ccc%11%10)cc9c8c7)ccc6c5c4)ccc3N(c3ccccc3)C2C=C1. The minimum Gasteiger partial charge on any atom is -0.472 e. The molecule has 113 heavy (non-hydrogen) atoms. The summed E-state index contributed by atoms with van der Waals surface area (Å²) < 4.78 is 34.4. The molecule has 2 aliphatic rings. The fraction of sp³-hybridized carbons (Fsp3) is 0.0192. The van der Waals surface area contributed by atoms with Crippen LogP contribution in [0, 0.1) is 0 Å². The molecule has 0 spiro atoms. The fourth-order valence-electron chi connectivity index (χ4n) is 19.1. The van der Waals surface area contributed by atoms with E-state index in [9.17, 15) is 0 Å². The van der Waals surface area contributed by atoms with Crippen molar-refractivity contribution in [2.24, 2.45) is 0 Å². The van der Waals surface area contributed by atoms with Gasteiger partial charge in [-0.05, 0) is 250 Å². The van der Waals surface area contributed by atoms with Gasteiger partial charge in [-0.2, -0.15) is 0 Å². The molecule has 2 atom stereocenters. The molecule has 8 aromatic heterocycles. The molecule has 0 saturated carbocycles. The van der Waals surface area contributed by atoms with Gasteiger partial charge in [0.15, 0.2) is 0 Å². The van der Waals surface area contributed by atoms with Crippen LogP contribution in [0.25, 0.3) is 209 Å². The van der Waals surface area contributed by atoms with Crippen LogP contribution >= 0.6 is 0 Å². The third-order valence-electron chi connectivity index (χ3n) is 24.3. The quantitative estimate of drug-likeness (QED) is 0.136. The Balaban J connectivity index is 0.603. The van der Waals surface area contributed by atoms with Crippen molar-refractivity contribution < 1.29 is 17.7 Å². The van der Waals surface area contributed by atoms with Gasteiger partial charge >= 0.3 is 0 Å². The number of allylic oxidation sites excluding steroid dienone is 2. The average molecular weight is 1450 g/mol. The predicted molar refractivity (Wildman–Crippen MR) is 463 cm³/mol. The molecule has 0 radical (unpaired) electrons. The second-order valence-corrected chi connectivity index (χ2v) is 30.3. The summed E-state index contributed by atoms with van der Waals surface area (Å²) >= 11 is 0. The summed E-state index contributed by atoms with van der Waals surface area (Å²) in [5, 5.41) is 13.7. The number of anilines is 2. The van der Waals surface area contributed by atoms with Crippen molar-refractivity contribution in [3.05, 3.63) is 376 Å². The van der Waals surface area contributed by atoms with Crippen LogP contribution in [-0.2, 0) is 0 Å². The standard InChI is InChI=1S/C104H63N5O4/c1-3-13-72(14-4-1)105-91-20-10-7-17-77(91)81-49-62(24-35-94(81)105)64-26-37-97-84(51-64)85-52-65(63-25-36-95-82(50-63)78-18-8-11-21-92(78)106(95)73-15-5-2-6-16-73)27-38-98(85)108(97)74-31-42-101-88(57-74)80-34-23-69(56-104(80)113-101)66-28-39-99-86(53-66)87-55-68(71-46-48-111-61-71)30-41-100(87)109(99)76-33-44-103-90(59-76)89-58-75(32-43-102(89)112-103)107-93-22-12-9-19-79(93)83-54-67(29-40-96(83)107)70-45-47-110-60-70/h1-61,77,91H. The van der Waals surface area contributed by atoms with Crippen molar-refractivity contribution in [1.29, 1.82) is 0 Å². The maximum absolute atomic E-state index is 6.94. The Hall–Kier alpha value is -15.1. The molecule has 15 aromatic carbocycles. The van der Waals surface area contributed by atoms with Gasteiger partial charge in [-0.1, -0.05) is 146 Å². The molecule has 1 aliphatic heterocycles. The summed E-state index contributed by atoms with van der Waals surface area (Å²) in [6, 6.07) is 118.